The molecule has 0 unspecified atom stereocenters. The van der Waals surface area contributed by atoms with Crippen molar-refractivity contribution in [3.63, 3.8) is 0 Å². The van der Waals surface area contributed by atoms with Gasteiger partial charge in [0, 0.05) is 38.3 Å². The molecule has 9 nitrogen and oxygen atoms in total. The summed E-state index contributed by atoms with van der Waals surface area (Å²) < 4.78 is 126. The average Bonchev–Trinajstić information content (AvgIpc) is 3.42. The molecule has 1 heterocycles. The van der Waals surface area contributed by atoms with Crippen molar-refractivity contribution >= 4 is 30.0 Å². The lowest BCUT2D eigenvalue weighted by molar-refractivity contribution is -0.274. The highest BCUT2D eigenvalue weighted by atomic mass is 35.5. The number of alkyl halides is 9. The zero-order valence-electron chi connectivity index (χ0n) is 26.9. The first-order valence-electron chi connectivity index (χ1n) is 15.4. The van der Waals surface area contributed by atoms with Crippen LogP contribution < -0.4 is 14.5 Å². The van der Waals surface area contributed by atoms with Crippen LogP contribution in [0.4, 0.5) is 51.1 Å². The largest absolute Gasteiger partial charge is 0.573 e. The van der Waals surface area contributed by atoms with Crippen molar-refractivity contribution in [3.8, 4) is 5.75 Å². The smallest absolute Gasteiger partial charge is 0.481 e. The van der Waals surface area contributed by atoms with E-state index >= 15 is 0 Å². The predicted molar refractivity (Wildman–Crippen MR) is 166 cm³/mol. The van der Waals surface area contributed by atoms with Gasteiger partial charge >= 0.3 is 24.7 Å². The maximum absolute atomic E-state index is 13.7. The van der Waals surface area contributed by atoms with Crippen LogP contribution in [0.25, 0.3) is 0 Å². The minimum absolute atomic E-state index is 0. The maximum atomic E-state index is 13.7. The number of carboxylic acids is 1. The lowest BCUT2D eigenvalue weighted by Gasteiger charge is -2.35. The quantitative estimate of drug-likeness (QED) is 0.175. The Hall–Kier alpha value is -3.96. The Morgan fingerprint density at radius 3 is 2.00 bits per heavy atom. The number of benzene rings is 2. The number of hydrogen-bond donors (Lipinski definition) is 1. The van der Waals surface area contributed by atoms with Gasteiger partial charge in [-0.3, -0.25) is 4.79 Å². The van der Waals surface area contributed by atoms with Crippen molar-refractivity contribution in [3.05, 3.63) is 58.7 Å². The second-order valence-corrected chi connectivity index (χ2v) is 12.1. The number of aliphatic carboxylic acids is 1. The number of anilines is 2. The van der Waals surface area contributed by atoms with Gasteiger partial charge in [-0.15, -0.1) is 30.7 Å². The first-order valence-corrected chi connectivity index (χ1v) is 15.4. The lowest BCUT2D eigenvalue weighted by Crippen LogP contribution is -2.34. The summed E-state index contributed by atoms with van der Waals surface area (Å²) in [5.41, 5.74) is -2.78. The van der Waals surface area contributed by atoms with E-state index in [1.807, 2.05) is 11.8 Å². The molecule has 0 bridgehead atoms. The van der Waals surface area contributed by atoms with E-state index in [-0.39, 0.29) is 54.8 Å². The molecule has 0 aliphatic heterocycles. The van der Waals surface area contributed by atoms with E-state index in [4.69, 9.17) is 5.11 Å². The fourth-order valence-corrected chi connectivity index (χ4v) is 6.09. The summed E-state index contributed by atoms with van der Waals surface area (Å²) in [4.78, 5) is 15.4. The van der Waals surface area contributed by atoms with E-state index in [0.717, 1.165) is 29.8 Å². The minimum atomic E-state index is -5.10. The Labute approximate surface area is 287 Å². The Morgan fingerprint density at radius 1 is 0.900 bits per heavy atom. The van der Waals surface area contributed by atoms with E-state index < -0.39 is 53.7 Å². The number of halogens is 10. The number of tetrazole rings is 1. The lowest BCUT2D eigenvalue weighted by atomic mass is 9.80. The molecule has 0 atom stereocenters. The van der Waals surface area contributed by atoms with Gasteiger partial charge in [0.2, 0.25) is 0 Å². The molecule has 1 saturated carbocycles. The molecule has 1 fully saturated rings. The zero-order valence-corrected chi connectivity index (χ0v) is 27.8. The van der Waals surface area contributed by atoms with Gasteiger partial charge in [0.05, 0.1) is 18.2 Å². The standard InChI is InChI=1S/C31H35F9N6O3.ClH/c1-3-10-45(16-20-6-4-19(5-7-20)13-27(47)48)26-9-8-25(49-31(38,39)40)14-22(26)18-46(28-41-43-44(2)42-28)17-21-11-23(29(32,33)34)15-24(12-21)30(35,36)37;/h8-9,11-12,14-15,19-20H,3-7,10,13,16-18H2,1-2H3,(H,47,48);1H. The highest BCUT2D eigenvalue weighted by molar-refractivity contribution is 5.85. The Balaban J connectivity index is 0.00000676. The molecule has 278 valence electrons. The van der Waals surface area contributed by atoms with Crippen molar-refractivity contribution in [2.75, 3.05) is 22.9 Å². The molecule has 1 aliphatic rings. The summed E-state index contributed by atoms with van der Waals surface area (Å²) in [6, 6.07) is 4.80. The molecule has 0 radical (unpaired) electrons. The van der Waals surface area contributed by atoms with E-state index in [1.165, 1.54) is 18.0 Å². The van der Waals surface area contributed by atoms with Crippen molar-refractivity contribution in [1.29, 1.82) is 0 Å². The predicted octanol–water partition coefficient (Wildman–Crippen LogP) is 8.27. The first kappa shape index (κ1) is 40.5. The van der Waals surface area contributed by atoms with Crippen molar-refractivity contribution in [2.45, 2.75) is 77.3 Å². The van der Waals surface area contributed by atoms with Crippen LogP contribution in [0.1, 0.15) is 67.7 Å². The van der Waals surface area contributed by atoms with Crippen molar-refractivity contribution < 1.29 is 54.2 Å². The van der Waals surface area contributed by atoms with E-state index in [9.17, 15) is 44.3 Å². The summed E-state index contributed by atoms with van der Waals surface area (Å²) in [5.74, 6) is -1.46. The molecule has 3 aromatic rings. The van der Waals surface area contributed by atoms with E-state index in [1.54, 1.807) is 0 Å². The molecule has 50 heavy (non-hydrogen) atoms. The van der Waals surface area contributed by atoms with Crippen LogP contribution in [-0.4, -0.2) is 50.7 Å². The molecular weight excluding hydrogens is 711 g/mol. The van der Waals surface area contributed by atoms with E-state index in [2.05, 4.69) is 20.1 Å². The van der Waals surface area contributed by atoms with E-state index in [0.29, 0.717) is 50.2 Å². The minimum Gasteiger partial charge on any atom is -0.481 e. The molecule has 2 aromatic carbocycles. The first-order chi connectivity index (χ1) is 22.8. The number of nitrogens with zero attached hydrogens (tertiary/aromatic N) is 6. The molecular formula is C31H36ClF9N6O3. The summed E-state index contributed by atoms with van der Waals surface area (Å²) in [6.07, 6.45) is -11.7. The molecule has 1 aliphatic carbocycles. The van der Waals surface area contributed by atoms with Crippen LogP contribution in [0.15, 0.2) is 36.4 Å². The summed E-state index contributed by atoms with van der Waals surface area (Å²) in [6.45, 7) is 1.90. The molecule has 0 saturated heterocycles. The third kappa shape index (κ3) is 11.6. The van der Waals surface area contributed by atoms with Crippen LogP contribution in [0.5, 0.6) is 5.75 Å². The monoisotopic (exact) mass is 746 g/mol. The molecule has 1 N–H and O–H groups in total. The Bertz CT molecular complexity index is 1540. The van der Waals surface area contributed by atoms with Gasteiger partial charge in [0.1, 0.15) is 5.75 Å². The summed E-state index contributed by atoms with van der Waals surface area (Å²) in [5, 5.41) is 20.8. The van der Waals surface area contributed by atoms with Gasteiger partial charge in [0.15, 0.2) is 0 Å². The van der Waals surface area contributed by atoms with Gasteiger partial charge in [-0.1, -0.05) is 12.0 Å². The SMILES string of the molecule is CCCN(CC1CCC(CC(=O)O)CC1)c1ccc(OC(F)(F)F)cc1CN(Cc1cc(C(F)(F)F)cc(C(F)(F)F)c1)c1nnn(C)n1.Cl. The highest BCUT2D eigenvalue weighted by Crippen LogP contribution is 2.38. The number of hydrogen-bond acceptors (Lipinski definition) is 7. The van der Waals surface area contributed by atoms with Gasteiger partial charge < -0.3 is 19.6 Å². The Kier molecular flexibility index (Phi) is 13.3. The number of carbonyl (C=O) groups is 1. The van der Waals surface area contributed by atoms with Crippen LogP contribution in [0, 0.1) is 11.8 Å². The number of aryl methyl sites for hydroxylation is 1. The molecule has 4 rings (SSSR count). The molecule has 19 heteroatoms. The van der Waals surface area contributed by atoms with Gasteiger partial charge in [-0.25, -0.2) is 0 Å². The van der Waals surface area contributed by atoms with Crippen molar-refractivity contribution in [1.82, 2.24) is 20.2 Å². The molecule has 0 amide bonds. The number of rotatable bonds is 13. The number of carboxylic acid groups (broad SMARTS) is 1. The van der Waals surface area contributed by atoms with Crippen molar-refractivity contribution in [2.24, 2.45) is 18.9 Å². The number of ether oxygens (including phenoxy) is 1. The highest BCUT2D eigenvalue weighted by Gasteiger charge is 2.37. The fraction of sp³-hybridized carbons (Fsp3) is 0.548. The summed E-state index contributed by atoms with van der Waals surface area (Å²) in [7, 11) is 1.39. The van der Waals surface area contributed by atoms with Crippen LogP contribution in [0.3, 0.4) is 0 Å². The van der Waals surface area contributed by atoms with Crippen LogP contribution in [-0.2, 0) is 37.3 Å². The molecule has 0 spiro atoms. The third-order valence-electron chi connectivity index (χ3n) is 8.19. The Morgan fingerprint density at radius 2 is 1.50 bits per heavy atom. The average molecular weight is 747 g/mol. The fourth-order valence-electron chi connectivity index (χ4n) is 6.09. The van der Waals surface area contributed by atoms with Gasteiger partial charge in [-0.2, -0.15) is 31.1 Å². The third-order valence-corrected chi connectivity index (χ3v) is 8.19. The number of aromatic nitrogens is 4. The molecule has 1 aromatic heterocycles. The maximum Gasteiger partial charge on any atom is 0.573 e. The zero-order chi connectivity index (χ0) is 36.1. The van der Waals surface area contributed by atoms with Gasteiger partial charge in [0.25, 0.3) is 5.95 Å². The topological polar surface area (TPSA) is 96.6 Å². The second kappa shape index (κ2) is 16.4. The van der Waals surface area contributed by atoms with Crippen LogP contribution in [0.2, 0.25) is 0 Å². The second-order valence-electron chi connectivity index (χ2n) is 12.1. The van der Waals surface area contributed by atoms with Gasteiger partial charge in [-0.05, 0) is 96.7 Å². The summed E-state index contributed by atoms with van der Waals surface area (Å²) >= 11 is 0. The normalized spacial score (nSPS) is 16.9. The van der Waals surface area contributed by atoms with Crippen LogP contribution >= 0.6 is 12.4 Å².